The van der Waals surface area contributed by atoms with Crippen LogP contribution >= 0.6 is 0 Å². The fraction of sp³-hybridized carbons (Fsp3) is 0.320. The van der Waals surface area contributed by atoms with Crippen molar-refractivity contribution in [3.05, 3.63) is 76.9 Å². The Morgan fingerprint density at radius 1 is 1.16 bits per heavy atom. The van der Waals surface area contributed by atoms with Gasteiger partial charge in [0.2, 0.25) is 0 Å². The van der Waals surface area contributed by atoms with Gasteiger partial charge >= 0.3 is 12.1 Å². The molecule has 0 bridgehead atoms. The third kappa shape index (κ3) is 7.62. The number of fused-ring (bicyclic) bond motifs is 1. The van der Waals surface area contributed by atoms with Gasteiger partial charge in [-0.1, -0.05) is 12.1 Å². The first-order valence-electron chi connectivity index (χ1n) is 11.3. The summed E-state index contributed by atoms with van der Waals surface area (Å²) in [6.45, 7) is 4.91. The number of rotatable bonds is 5. The number of carboxylic acid groups (broad SMARTS) is 1. The number of nitriles is 1. The first-order chi connectivity index (χ1) is 17.5. The molecule has 0 aliphatic carbocycles. The van der Waals surface area contributed by atoms with Crippen molar-refractivity contribution >= 4 is 17.6 Å². The van der Waals surface area contributed by atoms with Gasteiger partial charge in [0, 0.05) is 29.8 Å². The number of aromatic nitrogens is 3. The second-order valence-electron chi connectivity index (χ2n) is 8.45. The lowest BCUT2D eigenvalue weighted by atomic mass is 10.0. The number of carboxylic acids is 1. The monoisotopic (exact) mass is 514 g/mol. The lowest BCUT2D eigenvalue weighted by molar-refractivity contribution is -0.192. The van der Waals surface area contributed by atoms with Crippen molar-refractivity contribution in [2.75, 3.05) is 5.32 Å². The Kier molecular flexibility index (Phi) is 8.62. The van der Waals surface area contributed by atoms with Crippen molar-refractivity contribution in [1.29, 1.82) is 5.26 Å². The molecule has 0 spiro atoms. The van der Waals surface area contributed by atoms with Gasteiger partial charge in [-0.05, 0) is 62.2 Å². The number of benzene rings is 2. The fourth-order valence-corrected chi connectivity index (χ4v) is 3.77. The molecule has 1 aliphatic rings. The number of hydrogen-bond acceptors (Lipinski definition) is 6. The number of nitrogens with zero attached hydrogens (tertiary/aromatic N) is 4. The van der Waals surface area contributed by atoms with Crippen LogP contribution in [0.4, 0.5) is 18.9 Å². The molecule has 1 amide bonds. The largest absolute Gasteiger partial charge is 0.490 e. The summed E-state index contributed by atoms with van der Waals surface area (Å²) in [5.41, 5.74) is 2.95. The maximum absolute atomic E-state index is 12.4. The van der Waals surface area contributed by atoms with E-state index < -0.39 is 12.1 Å². The number of nitrogens with one attached hydrogen (secondary N) is 2. The molecule has 194 valence electrons. The maximum atomic E-state index is 12.4. The van der Waals surface area contributed by atoms with Crippen LogP contribution in [0, 0.1) is 18.3 Å². The van der Waals surface area contributed by atoms with Gasteiger partial charge in [-0.15, -0.1) is 0 Å². The van der Waals surface area contributed by atoms with Crippen LogP contribution in [0.15, 0.2) is 48.5 Å². The highest BCUT2D eigenvalue weighted by molar-refractivity contribution is 6.04. The molecule has 1 aliphatic heterocycles. The number of aliphatic carboxylic acids is 1. The van der Waals surface area contributed by atoms with Gasteiger partial charge in [-0.3, -0.25) is 4.79 Å². The lowest BCUT2D eigenvalue weighted by Crippen LogP contribution is -2.39. The van der Waals surface area contributed by atoms with Crippen molar-refractivity contribution in [2.24, 2.45) is 0 Å². The van der Waals surface area contributed by atoms with Crippen LogP contribution in [0.2, 0.25) is 0 Å². The number of carbonyl (C=O) groups excluding carboxylic acids is 1. The Morgan fingerprint density at radius 3 is 2.35 bits per heavy atom. The molecule has 4 rings (SSSR count). The quantitative estimate of drug-likeness (QED) is 0.469. The molecule has 3 aromatic rings. The van der Waals surface area contributed by atoms with Crippen molar-refractivity contribution in [3.63, 3.8) is 0 Å². The highest BCUT2D eigenvalue weighted by atomic mass is 19.4. The van der Waals surface area contributed by atoms with E-state index in [9.17, 15) is 18.0 Å². The molecular weight excluding hydrogens is 489 g/mol. The average Bonchev–Trinajstić information content (AvgIpc) is 3.23. The highest BCUT2D eigenvalue weighted by Gasteiger charge is 2.38. The van der Waals surface area contributed by atoms with Crippen LogP contribution < -0.4 is 10.6 Å². The molecule has 2 aromatic carbocycles. The van der Waals surface area contributed by atoms with Crippen LogP contribution in [0.1, 0.15) is 52.5 Å². The number of aryl methyl sites for hydroxylation is 2. The Bertz CT molecular complexity index is 1280. The van der Waals surface area contributed by atoms with E-state index in [1.165, 1.54) is 0 Å². The Balaban J connectivity index is 0.000000479. The molecule has 0 fully saturated rings. The standard InChI is InChI=1S/C23H24N6O.C2HF3O2/c1-15(25-21-11-12-22-26-16(2)28-29(22)14-21)18-7-9-20(10-8-18)27-23(30)19-5-3-17(13-24)4-6-19;3-2(4,5)1(6)7/h3-10,15,21,25H,11-12,14H2,1-2H3,(H,27,30);(H,6,7). The number of hydrogen-bond donors (Lipinski definition) is 3. The van der Waals surface area contributed by atoms with E-state index in [-0.39, 0.29) is 11.9 Å². The highest BCUT2D eigenvalue weighted by Crippen LogP contribution is 2.20. The van der Waals surface area contributed by atoms with Crippen LogP contribution in [0.3, 0.4) is 0 Å². The zero-order valence-corrected chi connectivity index (χ0v) is 20.1. The molecule has 37 heavy (non-hydrogen) atoms. The maximum Gasteiger partial charge on any atom is 0.490 e. The summed E-state index contributed by atoms with van der Waals surface area (Å²) in [6, 6.07) is 17.0. The van der Waals surface area contributed by atoms with Gasteiger partial charge in [0.15, 0.2) is 0 Å². The van der Waals surface area contributed by atoms with Crippen molar-refractivity contribution < 1.29 is 27.9 Å². The normalized spacial score (nSPS) is 15.4. The summed E-state index contributed by atoms with van der Waals surface area (Å²) in [7, 11) is 0. The molecule has 2 atom stereocenters. The third-order valence-electron chi connectivity index (χ3n) is 5.64. The van der Waals surface area contributed by atoms with Gasteiger partial charge in [0.25, 0.3) is 5.91 Å². The van der Waals surface area contributed by atoms with Crippen LogP contribution in [-0.4, -0.2) is 44.0 Å². The van der Waals surface area contributed by atoms with Crippen LogP contribution in [0.5, 0.6) is 0 Å². The van der Waals surface area contributed by atoms with E-state index in [2.05, 4.69) is 27.6 Å². The number of carbonyl (C=O) groups is 2. The number of halogens is 3. The number of alkyl halides is 3. The van der Waals surface area contributed by atoms with Gasteiger partial charge in [-0.2, -0.15) is 23.5 Å². The van der Waals surface area contributed by atoms with E-state index in [0.29, 0.717) is 17.2 Å². The third-order valence-corrected chi connectivity index (χ3v) is 5.64. The molecule has 9 nitrogen and oxygen atoms in total. The van der Waals surface area contributed by atoms with Crippen molar-refractivity contribution in [2.45, 2.75) is 51.5 Å². The lowest BCUT2D eigenvalue weighted by Gasteiger charge is -2.27. The average molecular weight is 515 g/mol. The molecule has 2 heterocycles. The first kappa shape index (κ1) is 27.3. The minimum absolute atomic E-state index is 0.185. The van der Waals surface area contributed by atoms with Gasteiger partial charge < -0.3 is 15.7 Å². The zero-order valence-electron chi connectivity index (χ0n) is 20.1. The van der Waals surface area contributed by atoms with Gasteiger partial charge in [0.1, 0.15) is 11.6 Å². The second-order valence-corrected chi connectivity index (χ2v) is 8.45. The summed E-state index contributed by atoms with van der Waals surface area (Å²) in [5.74, 6) is -1.05. The van der Waals surface area contributed by atoms with Crippen molar-refractivity contribution in [3.8, 4) is 6.07 Å². The first-order valence-corrected chi connectivity index (χ1v) is 11.3. The molecular formula is C25H25F3N6O3. The van der Waals surface area contributed by atoms with E-state index >= 15 is 0 Å². The second kappa shape index (κ2) is 11.7. The predicted molar refractivity (Wildman–Crippen MR) is 128 cm³/mol. The van der Waals surface area contributed by atoms with Crippen LogP contribution in [0.25, 0.3) is 0 Å². The summed E-state index contributed by atoms with van der Waals surface area (Å²) in [6.07, 6.45) is -3.10. The smallest absolute Gasteiger partial charge is 0.475 e. The summed E-state index contributed by atoms with van der Waals surface area (Å²) >= 11 is 0. The minimum Gasteiger partial charge on any atom is -0.475 e. The Morgan fingerprint density at radius 2 is 1.78 bits per heavy atom. The van der Waals surface area contributed by atoms with E-state index in [0.717, 1.165) is 42.3 Å². The van der Waals surface area contributed by atoms with E-state index in [4.69, 9.17) is 15.2 Å². The Labute approximate surface area is 210 Å². The van der Waals surface area contributed by atoms with E-state index in [1.807, 2.05) is 41.9 Å². The topological polar surface area (TPSA) is 133 Å². The zero-order chi connectivity index (χ0) is 27.2. The molecule has 3 N–H and O–H groups in total. The minimum atomic E-state index is -5.08. The summed E-state index contributed by atoms with van der Waals surface area (Å²) < 4.78 is 33.7. The SMILES string of the molecule is Cc1nc2n(n1)CC(NC(C)c1ccc(NC(=O)c3ccc(C#N)cc3)cc1)CC2.O=C(O)C(F)(F)F. The molecule has 0 saturated carbocycles. The fourth-order valence-electron chi connectivity index (χ4n) is 3.77. The Hall–Kier alpha value is -4.24. The molecule has 1 aromatic heterocycles. The molecule has 0 radical (unpaired) electrons. The van der Waals surface area contributed by atoms with Gasteiger partial charge in [-0.25, -0.2) is 14.5 Å². The molecule has 12 heteroatoms. The summed E-state index contributed by atoms with van der Waals surface area (Å²) in [5, 5.41) is 27.0. The van der Waals surface area contributed by atoms with Crippen LogP contribution in [-0.2, 0) is 17.8 Å². The number of anilines is 1. The number of amides is 1. The summed E-state index contributed by atoms with van der Waals surface area (Å²) in [4.78, 5) is 25.7. The van der Waals surface area contributed by atoms with Crippen molar-refractivity contribution in [1.82, 2.24) is 20.1 Å². The van der Waals surface area contributed by atoms with E-state index in [1.54, 1.807) is 24.3 Å². The predicted octanol–water partition coefficient (Wildman–Crippen LogP) is 4.01. The molecule has 0 saturated heterocycles. The molecule has 2 unspecified atom stereocenters. The van der Waals surface area contributed by atoms with Gasteiger partial charge in [0.05, 0.1) is 18.2 Å².